The number of likely N-dealkylation sites (tertiary alicyclic amines) is 1. The maximum atomic E-state index is 3.39. The first-order valence-corrected chi connectivity index (χ1v) is 4.93. The lowest BCUT2D eigenvalue weighted by atomic mass is 10.1. The zero-order valence-corrected chi connectivity index (χ0v) is 8.02. The molecule has 0 radical (unpaired) electrons. The summed E-state index contributed by atoms with van der Waals surface area (Å²) in [5.74, 6) is 0. The van der Waals surface area contributed by atoms with Gasteiger partial charge in [-0.25, -0.2) is 0 Å². The van der Waals surface area contributed by atoms with E-state index in [0.717, 1.165) is 5.45 Å². The molecule has 0 bridgehead atoms. The van der Waals surface area contributed by atoms with Crippen molar-refractivity contribution in [2.24, 2.45) is 0 Å². The molecule has 1 fully saturated rings. The van der Waals surface area contributed by atoms with Crippen molar-refractivity contribution in [3.8, 4) is 0 Å². The van der Waals surface area contributed by atoms with Crippen molar-refractivity contribution in [2.75, 3.05) is 25.6 Å². The molecule has 60 valence electrons. The zero-order chi connectivity index (χ0) is 7.40. The van der Waals surface area contributed by atoms with Crippen LogP contribution in [0.3, 0.4) is 0 Å². The van der Waals surface area contributed by atoms with Gasteiger partial charge in [0.25, 0.3) is 0 Å². The smallest absolute Gasteiger partial charge is 0.0519 e. The van der Waals surface area contributed by atoms with Crippen molar-refractivity contribution in [3.63, 3.8) is 0 Å². The summed E-state index contributed by atoms with van der Waals surface area (Å²) in [6.07, 6.45) is 2.66. The Balaban J connectivity index is 2.18. The van der Waals surface area contributed by atoms with Crippen LogP contribution in [-0.4, -0.2) is 36.5 Å². The minimum Gasteiger partial charge on any atom is -0.305 e. The molecule has 1 atom stereocenters. The Hall–Kier alpha value is 0.400. The van der Waals surface area contributed by atoms with Gasteiger partial charge in [-0.1, -0.05) is 15.9 Å². The van der Waals surface area contributed by atoms with Crippen molar-refractivity contribution < 1.29 is 0 Å². The zero-order valence-electron chi connectivity index (χ0n) is 6.44. The third kappa shape index (κ3) is 2.56. The highest BCUT2D eigenvalue weighted by Crippen LogP contribution is 2.07. The van der Waals surface area contributed by atoms with Crippen LogP contribution in [0, 0.1) is 0 Å². The lowest BCUT2D eigenvalue weighted by Crippen LogP contribution is -2.43. The molecule has 0 amide bonds. The minimum absolute atomic E-state index is 0.707. The quantitative estimate of drug-likeness (QED) is 0.537. The molecule has 10 heavy (non-hydrogen) atoms. The number of likely N-dealkylation sites (N-methyl/N-ethyl adjacent to an activating group) is 1. The van der Waals surface area contributed by atoms with Crippen LogP contribution in [0.25, 0.3) is 0 Å². The second-order valence-electron chi connectivity index (χ2n) is 2.94. The first-order chi connectivity index (χ1) is 4.83. The SMILES string of the molecule is CN1CCCC(NCBr)C1. The Morgan fingerprint density at radius 2 is 2.50 bits per heavy atom. The van der Waals surface area contributed by atoms with Crippen LogP contribution in [0.2, 0.25) is 0 Å². The molecule has 1 rings (SSSR count). The van der Waals surface area contributed by atoms with Gasteiger partial charge in [0.05, 0.1) is 5.45 Å². The number of nitrogens with zero attached hydrogens (tertiary/aromatic N) is 1. The molecule has 2 nitrogen and oxygen atoms in total. The van der Waals surface area contributed by atoms with Gasteiger partial charge < -0.3 is 10.2 Å². The highest BCUT2D eigenvalue weighted by Gasteiger charge is 2.14. The molecule has 0 aromatic carbocycles. The predicted octanol–water partition coefficient (Wildman–Crippen LogP) is 1.02. The maximum Gasteiger partial charge on any atom is 0.0519 e. The largest absolute Gasteiger partial charge is 0.305 e. The number of nitrogens with one attached hydrogen (secondary N) is 1. The predicted molar refractivity (Wildman–Crippen MR) is 47.4 cm³/mol. The standard InChI is InChI=1S/C7H15BrN2/c1-10-4-2-3-7(5-10)9-6-8/h7,9H,2-6H2,1H3. The third-order valence-corrected chi connectivity index (χ3v) is 2.31. The molecule has 1 N–H and O–H groups in total. The number of hydrogen-bond acceptors (Lipinski definition) is 2. The number of rotatable bonds is 2. The van der Waals surface area contributed by atoms with E-state index in [2.05, 4.69) is 33.2 Å². The lowest BCUT2D eigenvalue weighted by molar-refractivity contribution is 0.233. The molecule has 0 saturated carbocycles. The van der Waals surface area contributed by atoms with E-state index in [1.807, 2.05) is 0 Å². The molecule has 0 spiro atoms. The van der Waals surface area contributed by atoms with E-state index in [9.17, 15) is 0 Å². The van der Waals surface area contributed by atoms with Crippen LogP contribution >= 0.6 is 15.9 Å². The normalized spacial score (nSPS) is 28.8. The second kappa shape index (κ2) is 4.31. The molecule has 0 aliphatic carbocycles. The summed E-state index contributed by atoms with van der Waals surface area (Å²) >= 11 is 3.38. The van der Waals surface area contributed by atoms with Crippen LogP contribution in [-0.2, 0) is 0 Å². The van der Waals surface area contributed by atoms with Gasteiger partial charge in [0.15, 0.2) is 0 Å². The first kappa shape index (κ1) is 8.50. The van der Waals surface area contributed by atoms with Gasteiger partial charge in [-0.05, 0) is 26.4 Å². The monoisotopic (exact) mass is 206 g/mol. The highest BCUT2D eigenvalue weighted by molar-refractivity contribution is 9.09. The summed E-state index contributed by atoms with van der Waals surface area (Å²) in [6.45, 7) is 2.46. The average molecular weight is 207 g/mol. The van der Waals surface area contributed by atoms with Crippen LogP contribution in [0.15, 0.2) is 0 Å². The van der Waals surface area contributed by atoms with E-state index >= 15 is 0 Å². The molecule has 1 unspecified atom stereocenters. The fourth-order valence-corrected chi connectivity index (χ4v) is 1.90. The van der Waals surface area contributed by atoms with Crippen LogP contribution in [0.5, 0.6) is 0 Å². The summed E-state index contributed by atoms with van der Waals surface area (Å²) in [4.78, 5) is 2.38. The first-order valence-electron chi connectivity index (χ1n) is 3.81. The Kier molecular flexibility index (Phi) is 3.66. The Morgan fingerprint density at radius 3 is 3.10 bits per heavy atom. The van der Waals surface area contributed by atoms with Crippen LogP contribution in [0.1, 0.15) is 12.8 Å². The van der Waals surface area contributed by atoms with Gasteiger partial charge in [0.2, 0.25) is 0 Å². The van der Waals surface area contributed by atoms with Crippen molar-refractivity contribution in [1.29, 1.82) is 0 Å². The molecular weight excluding hydrogens is 192 g/mol. The summed E-state index contributed by atoms with van der Waals surface area (Å²) in [5.41, 5.74) is 0.922. The number of halogens is 1. The van der Waals surface area contributed by atoms with Crippen molar-refractivity contribution in [1.82, 2.24) is 10.2 Å². The Bertz CT molecular complexity index is 95.6. The molecule has 1 saturated heterocycles. The highest BCUT2D eigenvalue weighted by atomic mass is 79.9. The van der Waals surface area contributed by atoms with E-state index in [4.69, 9.17) is 0 Å². The summed E-state index contributed by atoms with van der Waals surface area (Å²) in [7, 11) is 2.18. The van der Waals surface area contributed by atoms with Gasteiger partial charge >= 0.3 is 0 Å². The minimum atomic E-state index is 0.707. The number of hydrogen-bond donors (Lipinski definition) is 1. The fourth-order valence-electron chi connectivity index (χ4n) is 1.44. The van der Waals surface area contributed by atoms with Crippen molar-refractivity contribution in [3.05, 3.63) is 0 Å². The third-order valence-electron chi connectivity index (χ3n) is 1.99. The lowest BCUT2D eigenvalue weighted by Gasteiger charge is -2.29. The maximum absolute atomic E-state index is 3.39. The molecule has 1 aliphatic heterocycles. The summed E-state index contributed by atoms with van der Waals surface area (Å²) in [6, 6.07) is 0.707. The topological polar surface area (TPSA) is 15.3 Å². The summed E-state index contributed by atoms with van der Waals surface area (Å²) < 4.78 is 0. The van der Waals surface area contributed by atoms with E-state index in [0.29, 0.717) is 6.04 Å². The number of piperidine rings is 1. The molecular formula is C7H15BrN2. The fraction of sp³-hybridized carbons (Fsp3) is 1.00. The molecule has 1 aliphatic rings. The molecule has 1 heterocycles. The van der Waals surface area contributed by atoms with Crippen LogP contribution < -0.4 is 5.32 Å². The van der Waals surface area contributed by atoms with Gasteiger partial charge in [0.1, 0.15) is 0 Å². The molecule has 0 aromatic heterocycles. The van der Waals surface area contributed by atoms with Gasteiger partial charge in [-0.3, -0.25) is 0 Å². The van der Waals surface area contributed by atoms with E-state index < -0.39 is 0 Å². The van der Waals surface area contributed by atoms with Crippen LogP contribution in [0.4, 0.5) is 0 Å². The summed E-state index contributed by atoms with van der Waals surface area (Å²) in [5, 5.41) is 3.39. The van der Waals surface area contributed by atoms with Gasteiger partial charge in [0, 0.05) is 12.6 Å². The van der Waals surface area contributed by atoms with Gasteiger partial charge in [-0.15, -0.1) is 0 Å². The molecule has 3 heteroatoms. The Morgan fingerprint density at radius 1 is 1.70 bits per heavy atom. The van der Waals surface area contributed by atoms with E-state index in [-0.39, 0.29) is 0 Å². The Labute approximate surface area is 71.1 Å². The van der Waals surface area contributed by atoms with Crippen molar-refractivity contribution in [2.45, 2.75) is 18.9 Å². The van der Waals surface area contributed by atoms with E-state index in [1.54, 1.807) is 0 Å². The van der Waals surface area contributed by atoms with Crippen molar-refractivity contribution >= 4 is 15.9 Å². The van der Waals surface area contributed by atoms with Gasteiger partial charge in [-0.2, -0.15) is 0 Å². The average Bonchev–Trinajstić information content (AvgIpc) is 1.88. The number of alkyl halides is 1. The second-order valence-corrected chi connectivity index (χ2v) is 3.50. The van der Waals surface area contributed by atoms with E-state index in [1.165, 1.54) is 25.9 Å². The molecule has 0 aromatic rings.